The lowest BCUT2D eigenvalue weighted by molar-refractivity contribution is 0.173. The van der Waals surface area contributed by atoms with Gasteiger partial charge in [0, 0.05) is 30.2 Å². The number of nitrogens with one attached hydrogen (secondary N) is 1. The summed E-state index contributed by atoms with van der Waals surface area (Å²) >= 11 is 0. The molecule has 1 amide bonds. The van der Waals surface area contributed by atoms with Gasteiger partial charge in [-0.15, -0.1) is 0 Å². The number of carbonyl (C=O) groups is 1. The van der Waals surface area contributed by atoms with Crippen molar-refractivity contribution in [2.75, 3.05) is 40.8 Å². The van der Waals surface area contributed by atoms with E-state index in [4.69, 9.17) is 4.74 Å². The Kier molecular flexibility index (Phi) is 6.64. The molecule has 0 radical (unpaired) electrons. The summed E-state index contributed by atoms with van der Waals surface area (Å²) in [5.74, 6) is 0.826. The Hall–Kier alpha value is -2.05. The van der Waals surface area contributed by atoms with Crippen LogP contribution >= 0.6 is 0 Å². The van der Waals surface area contributed by atoms with E-state index in [1.54, 1.807) is 11.7 Å². The van der Waals surface area contributed by atoms with Gasteiger partial charge in [0.25, 0.3) is 0 Å². The quantitative estimate of drug-likeness (QED) is 0.786. The van der Waals surface area contributed by atoms with Crippen molar-refractivity contribution in [1.29, 1.82) is 0 Å². The number of amides is 1. The Morgan fingerprint density at radius 1 is 1.17 bits per heavy atom. The molecule has 6 heteroatoms. The van der Waals surface area contributed by atoms with Crippen LogP contribution in [0.25, 0.3) is 10.9 Å². The molecule has 0 spiro atoms. The molecule has 1 aromatic heterocycles. The smallest absolute Gasteiger partial charge is 0.326 e. The molecule has 2 heterocycles. The molecule has 164 valence electrons. The topological polar surface area (TPSA) is 49.7 Å². The van der Waals surface area contributed by atoms with Crippen molar-refractivity contribution in [2.24, 2.45) is 0 Å². The molecule has 1 aromatic carbocycles. The van der Waals surface area contributed by atoms with Gasteiger partial charge in [-0.25, -0.2) is 4.79 Å². The lowest BCUT2D eigenvalue weighted by Crippen LogP contribution is -2.44. The number of nitrogens with zero attached hydrogens (tertiary/aromatic N) is 3. The summed E-state index contributed by atoms with van der Waals surface area (Å²) in [6.07, 6.45) is 10.2. The number of hydrogen-bond donors (Lipinski definition) is 1. The Morgan fingerprint density at radius 2 is 1.90 bits per heavy atom. The summed E-state index contributed by atoms with van der Waals surface area (Å²) in [5, 5.41) is 4.41. The molecule has 1 N–H and O–H groups in total. The minimum atomic E-state index is -0.00843. The van der Waals surface area contributed by atoms with Crippen molar-refractivity contribution in [3.8, 4) is 5.75 Å². The monoisotopic (exact) mass is 412 g/mol. The normalized spacial score (nSPS) is 22.7. The second-order valence-corrected chi connectivity index (χ2v) is 9.16. The number of hydrogen-bond acceptors (Lipinski definition) is 4. The molecule has 1 saturated carbocycles. The predicted octanol–water partition coefficient (Wildman–Crippen LogP) is 3.72. The first-order chi connectivity index (χ1) is 14.5. The van der Waals surface area contributed by atoms with Gasteiger partial charge in [0.15, 0.2) is 0 Å². The van der Waals surface area contributed by atoms with Gasteiger partial charge >= 0.3 is 6.03 Å². The second kappa shape index (κ2) is 9.40. The first-order valence-electron chi connectivity index (χ1n) is 11.4. The van der Waals surface area contributed by atoms with Crippen LogP contribution in [0.2, 0.25) is 0 Å². The van der Waals surface area contributed by atoms with E-state index < -0.39 is 0 Å². The largest absolute Gasteiger partial charge is 0.497 e. The van der Waals surface area contributed by atoms with E-state index in [2.05, 4.69) is 29.2 Å². The van der Waals surface area contributed by atoms with E-state index in [1.165, 1.54) is 44.3 Å². The second-order valence-electron chi connectivity index (χ2n) is 9.16. The van der Waals surface area contributed by atoms with Crippen LogP contribution in [0.5, 0.6) is 5.75 Å². The zero-order chi connectivity index (χ0) is 21.1. The summed E-state index contributed by atoms with van der Waals surface area (Å²) < 4.78 is 7.22. The van der Waals surface area contributed by atoms with Crippen LogP contribution in [0.4, 0.5) is 4.79 Å². The van der Waals surface area contributed by atoms with Gasteiger partial charge in [-0.05, 0) is 95.9 Å². The highest BCUT2D eigenvalue weighted by Gasteiger charge is 2.28. The van der Waals surface area contributed by atoms with E-state index in [1.807, 2.05) is 24.4 Å². The lowest BCUT2D eigenvalue weighted by Gasteiger charge is -2.34. The molecule has 0 unspecified atom stereocenters. The summed E-state index contributed by atoms with van der Waals surface area (Å²) in [6, 6.07) is 6.97. The van der Waals surface area contributed by atoms with Gasteiger partial charge in [-0.2, -0.15) is 0 Å². The molecule has 0 bridgehead atoms. The minimum absolute atomic E-state index is 0.00843. The molecule has 2 aliphatic rings. The number of aromatic nitrogens is 1. The summed E-state index contributed by atoms with van der Waals surface area (Å²) in [5.41, 5.74) is 2.14. The van der Waals surface area contributed by atoms with Gasteiger partial charge in [0.1, 0.15) is 5.75 Å². The highest BCUT2D eigenvalue weighted by atomic mass is 16.5. The number of carbonyl (C=O) groups excluding carboxylic acids is 1. The van der Waals surface area contributed by atoms with E-state index in [0.29, 0.717) is 0 Å². The highest BCUT2D eigenvalue weighted by Crippen LogP contribution is 2.28. The Labute approximate surface area is 180 Å². The minimum Gasteiger partial charge on any atom is -0.497 e. The SMILES string of the molecule is COc1ccc2c(c1)c(CCN(C)C)cn2C(=O)NC1CCC(N2CCCC2)CC1. The molecule has 30 heavy (non-hydrogen) atoms. The molecule has 2 fully saturated rings. The molecule has 2 aromatic rings. The molecular formula is C24H36N4O2. The van der Waals surface area contributed by atoms with Gasteiger partial charge < -0.3 is 19.9 Å². The van der Waals surface area contributed by atoms with Crippen molar-refractivity contribution < 1.29 is 9.53 Å². The van der Waals surface area contributed by atoms with E-state index in [-0.39, 0.29) is 12.1 Å². The average Bonchev–Trinajstić information content (AvgIpc) is 3.40. The summed E-state index contributed by atoms with van der Waals surface area (Å²) in [4.78, 5) is 18.0. The maximum atomic E-state index is 13.2. The first-order valence-corrected chi connectivity index (χ1v) is 11.4. The maximum Gasteiger partial charge on any atom is 0.326 e. The summed E-state index contributed by atoms with van der Waals surface area (Å²) in [6.45, 7) is 3.46. The van der Waals surface area contributed by atoms with Crippen molar-refractivity contribution in [3.05, 3.63) is 30.0 Å². The van der Waals surface area contributed by atoms with Crippen molar-refractivity contribution in [2.45, 2.75) is 57.0 Å². The number of likely N-dealkylation sites (tertiary alicyclic amines) is 1. The van der Waals surface area contributed by atoms with Gasteiger partial charge in [-0.1, -0.05) is 0 Å². The standard InChI is InChI=1S/C24H36N4O2/c1-26(2)15-12-18-17-28(23-11-10-21(30-3)16-22(18)23)24(29)25-19-6-8-20(9-7-19)27-13-4-5-14-27/h10-11,16-17,19-20H,4-9,12-15H2,1-3H3,(H,25,29). The summed E-state index contributed by atoms with van der Waals surface area (Å²) in [7, 11) is 5.83. The van der Waals surface area contributed by atoms with Crippen molar-refractivity contribution in [3.63, 3.8) is 0 Å². The third-order valence-corrected chi connectivity index (χ3v) is 6.82. The number of likely N-dealkylation sites (N-methyl/N-ethyl adjacent to an activating group) is 1. The number of fused-ring (bicyclic) bond motifs is 1. The van der Waals surface area contributed by atoms with Crippen molar-refractivity contribution in [1.82, 2.24) is 19.7 Å². The fourth-order valence-electron chi connectivity index (χ4n) is 5.05. The molecule has 1 saturated heterocycles. The van der Waals surface area contributed by atoms with E-state index in [0.717, 1.165) is 48.5 Å². The molecule has 1 aliphatic carbocycles. The fraction of sp³-hybridized carbons (Fsp3) is 0.625. The zero-order valence-electron chi connectivity index (χ0n) is 18.7. The fourth-order valence-corrected chi connectivity index (χ4v) is 5.05. The molecule has 4 rings (SSSR count). The average molecular weight is 413 g/mol. The third kappa shape index (κ3) is 4.65. The van der Waals surface area contributed by atoms with Crippen LogP contribution in [0.3, 0.4) is 0 Å². The number of methoxy groups -OCH3 is 1. The molecule has 0 atom stereocenters. The van der Waals surface area contributed by atoms with Crippen LogP contribution in [0, 0.1) is 0 Å². The van der Waals surface area contributed by atoms with Crippen LogP contribution in [0.1, 0.15) is 44.1 Å². The molecular weight excluding hydrogens is 376 g/mol. The number of rotatable bonds is 6. The van der Waals surface area contributed by atoms with Crippen LogP contribution < -0.4 is 10.1 Å². The Balaban J connectivity index is 1.46. The number of benzene rings is 1. The Bertz CT molecular complexity index is 861. The maximum absolute atomic E-state index is 13.2. The predicted molar refractivity (Wildman–Crippen MR) is 122 cm³/mol. The molecule has 1 aliphatic heterocycles. The van der Waals surface area contributed by atoms with Gasteiger partial charge in [-0.3, -0.25) is 4.57 Å². The zero-order valence-corrected chi connectivity index (χ0v) is 18.7. The first kappa shape index (κ1) is 21.2. The molecule has 6 nitrogen and oxygen atoms in total. The van der Waals surface area contributed by atoms with Crippen LogP contribution in [0.15, 0.2) is 24.4 Å². The van der Waals surface area contributed by atoms with E-state index in [9.17, 15) is 4.79 Å². The van der Waals surface area contributed by atoms with Gasteiger partial charge in [0.05, 0.1) is 12.6 Å². The van der Waals surface area contributed by atoms with Crippen molar-refractivity contribution >= 4 is 16.9 Å². The van der Waals surface area contributed by atoms with E-state index >= 15 is 0 Å². The van der Waals surface area contributed by atoms with Gasteiger partial charge in [0.2, 0.25) is 0 Å². The number of ether oxygens (including phenoxy) is 1. The lowest BCUT2D eigenvalue weighted by atomic mass is 9.90. The van der Waals surface area contributed by atoms with Crippen LogP contribution in [-0.4, -0.2) is 73.3 Å². The van der Waals surface area contributed by atoms with Crippen LogP contribution in [-0.2, 0) is 6.42 Å². The third-order valence-electron chi connectivity index (χ3n) is 6.82. The highest BCUT2D eigenvalue weighted by molar-refractivity contribution is 5.94. The Morgan fingerprint density at radius 3 is 2.57 bits per heavy atom.